The number of hydrogen-bond donors (Lipinski definition) is 3. The molecule has 88 heavy (non-hydrogen) atoms. The number of methoxy groups -OCH3 is 1. The van der Waals surface area contributed by atoms with Crippen LogP contribution in [0, 0.1) is 18.8 Å². The fraction of sp³-hybridized carbons (Fsp3) is 0.477. The monoisotopic (exact) mass is 1210 g/mol. The Balaban J connectivity index is 0.769. The van der Waals surface area contributed by atoms with Crippen LogP contribution in [-0.4, -0.2) is 157 Å². The smallest absolute Gasteiger partial charge is 0.416 e. The quantitative estimate of drug-likeness (QED) is 0.0409. The molecule has 3 aromatic carbocycles. The van der Waals surface area contributed by atoms with Crippen LogP contribution in [-0.2, 0) is 49.6 Å². The summed E-state index contributed by atoms with van der Waals surface area (Å²) in [4.78, 5) is 127. The molecule has 0 saturated heterocycles. The maximum absolute atomic E-state index is 14.2. The predicted molar refractivity (Wildman–Crippen MR) is 324 cm³/mol. The summed E-state index contributed by atoms with van der Waals surface area (Å²) in [5, 5.41) is 17.4. The van der Waals surface area contributed by atoms with Gasteiger partial charge in [-0.05, 0) is 108 Å². The summed E-state index contributed by atoms with van der Waals surface area (Å²) < 4.78 is 35.0. The van der Waals surface area contributed by atoms with Crippen molar-refractivity contribution in [1.29, 1.82) is 0 Å². The number of aliphatic hydroxyl groups excluding tert-OH is 1. The first-order valence-electron chi connectivity index (χ1n) is 29.9. The molecule has 7 amide bonds. The molecule has 0 spiro atoms. The zero-order valence-electron chi connectivity index (χ0n) is 51.0. The van der Waals surface area contributed by atoms with Crippen molar-refractivity contribution in [3.05, 3.63) is 106 Å². The van der Waals surface area contributed by atoms with E-state index in [4.69, 9.17) is 28.4 Å². The van der Waals surface area contributed by atoms with Gasteiger partial charge in [-0.1, -0.05) is 37.1 Å². The SMILES string of the molecule is COc1cc2c(cc1OCCCCCOc1cc3c(cc1C)C(=O)N1C=C(C)C[C@H]1C=N3)N(C(=O)OCc1ccc(NC(=O)[C@@H](C)NC(=O)[C@H](CC(=O)CCOCCOCCCC(=O)CCN3C(=O)C=CC3=O)C(C)C)cc1)[C@@H](O)[C@@H]1CC(C)=CN1C2=O. The molecule has 470 valence electrons. The number of ketones is 2. The third-order valence-corrected chi connectivity index (χ3v) is 15.8. The molecule has 23 nitrogen and oxygen atoms in total. The molecule has 0 aliphatic carbocycles. The van der Waals surface area contributed by atoms with Crippen molar-refractivity contribution in [2.24, 2.45) is 16.8 Å². The average Bonchev–Trinajstić information content (AvgIpc) is 1.97. The van der Waals surface area contributed by atoms with Crippen molar-refractivity contribution in [1.82, 2.24) is 20.0 Å². The number of Topliss-reactive ketones (excluding diaryl/α,β-unsaturated/α-hetero) is 2. The molecule has 0 radical (unpaired) electrons. The molecule has 3 aromatic rings. The molecule has 5 aliphatic rings. The number of unbranched alkanes of at least 4 members (excludes halogenated alkanes) is 2. The van der Waals surface area contributed by atoms with Crippen LogP contribution in [0.5, 0.6) is 17.2 Å². The van der Waals surface area contributed by atoms with Gasteiger partial charge in [0.15, 0.2) is 17.7 Å². The summed E-state index contributed by atoms with van der Waals surface area (Å²) in [5.41, 5.74) is 5.01. The third-order valence-electron chi connectivity index (χ3n) is 15.8. The minimum absolute atomic E-state index is 0.0476. The van der Waals surface area contributed by atoms with Crippen LogP contribution in [0.2, 0.25) is 0 Å². The molecule has 0 aromatic heterocycles. The number of carbonyl (C=O) groups is 9. The van der Waals surface area contributed by atoms with Gasteiger partial charge in [-0.15, -0.1) is 0 Å². The molecule has 5 atom stereocenters. The first-order chi connectivity index (χ1) is 42.2. The van der Waals surface area contributed by atoms with E-state index in [0.29, 0.717) is 67.1 Å². The van der Waals surface area contributed by atoms with Crippen LogP contribution in [0.3, 0.4) is 0 Å². The first-order valence-corrected chi connectivity index (χ1v) is 29.9. The Labute approximate surface area is 512 Å². The molecular formula is C65H79N7O16. The first kappa shape index (κ1) is 65.4. The van der Waals surface area contributed by atoms with Gasteiger partial charge in [0.25, 0.3) is 23.6 Å². The van der Waals surface area contributed by atoms with Crippen molar-refractivity contribution < 1.29 is 76.7 Å². The lowest BCUT2D eigenvalue weighted by Gasteiger charge is -2.31. The van der Waals surface area contributed by atoms with E-state index < -0.39 is 59.9 Å². The second kappa shape index (κ2) is 30.4. The standard InChI is InChI=1S/C65H79N7O16/c1-39(2)49(31-48(74)20-25-85-27-26-84-22-11-12-47(73)19-21-69-58(75)17-18-59(69)76)61(78)67-43(6)60(77)68-45-15-13-44(14-16-45)38-88-65(82)72-53-34-57(56(83-7)32-51(53)63(80)71-37-41(4)29-54(71)64(72)81)87-24-10-8-9-23-86-55-33-52-50(30-42(55)5)62(79)70-36-40(3)28-46(70)35-66-52/h13-18,30,32-37,39,43,46,49,54,64,81H,8-12,19-29,31,38H2,1-7H3,(H,67,78)(H,68,77)/t43-,46+,49-,54+,64+/m1/s1. The highest BCUT2D eigenvalue weighted by Crippen LogP contribution is 2.42. The summed E-state index contributed by atoms with van der Waals surface area (Å²) in [6.45, 7) is 12.3. The summed E-state index contributed by atoms with van der Waals surface area (Å²) >= 11 is 0. The van der Waals surface area contributed by atoms with E-state index in [1.54, 1.807) is 35.4 Å². The van der Waals surface area contributed by atoms with E-state index in [-0.39, 0.29) is 117 Å². The van der Waals surface area contributed by atoms with Crippen molar-refractivity contribution in [3.63, 3.8) is 0 Å². The Kier molecular flexibility index (Phi) is 22.6. The number of hydrogen-bond acceptors (Lipinski definition) is 17. The van der Waals surface area contributed by atoms with Gasteiger partial charge >= 0.3 is 6.09 Å². The molecule has 23 heteroatoms. The van der Waals surface area contributed by atoms with Crippen LogP contribution in [0.4, 0.5) is 21.9 Å². The molecule has 0 fully saturated rings. The number of aliphatic imine (C=N–C) groups is 1. The van der Waals surface area contributed by atoms with Crippen molar-refractivity contribution in [2.75, 3.05) is 63.5 Å². The minimum Gasteiger partial charge on any atom is -0.493 e. The number of nitrogens with one attached hydrogen (secondary N) is 2. The van der Waals surface area contributed by atoms with Crippen LogP contribution in [0.1, 0.15) is 131 Å². The third kappa shape index (κ3) is 16.5. The Bertz CT molecular complexity index is 3240. The zero-order valence-corrected chi connectivity index (χ0v) is 51.0. The van der Waals surface area contributed by atoms with Crippen LogP contribution >= 0.6 is 0 Å². The van der Waals surface area contributed by atoms with Gasteiger partial charge in [0.1, 0.15) is 30.0 Å². The lowest BCUT2D eigenvalue weighted by Crippen LogP contribution is -2.50. The molecule has 5 heterocycles. The number of nitrogens with zero attached hydrogens (tertiary/aromatic N) is 5. The van der Waals surface area contributed by atoms with E-state index in [1.807, 2.05) is 59.2 Å². The Morgan fingerprint density at radius 2 is 1.36 bits per heavy atom. The maximum atomic E-state index is 14.2. The predicted octanol–water partition coefficient (Wildman–Crippen LogP) is 7.82. The van der Waals surface area contributed by atoms with E-state index in [0.717, 1.165) is 39.4 Å². The lowest BCUT2D eigenvalue weighted by atomic mass is 9.89. The second-order valence-corrected chi connectivity index (χ2v) is 23.0. The Morgan fingerprint density at radius 1 is 0.693 bits per heavy atom. The number of rotatable bonds is 31. The van der Waals surface area contributed by atoms with Crippen LogP contribution in [0.15, 0.2) is 89.2 Å². The van der Waals surface area contributed by atoms with Gasteiger partial charge in [-0.2, -0.15) is 0 Å². The molecule has 3 N–H and O–H groups in total. The number of anilines is 2. The second-order valence-electron chi connectivity index (χ2n) is 23.0. The fourth-order valence-electron chi connectivity index (χ4n) is 10.8. The Morgan fingerprint density at radius 3 is 2.07 bits per heavy atom. The number of aryl methyl sites for hydroxylation is 1. The summed E-state index contributed by atoms with van der Waals surface area (Å²) in [7, 11) is 1.45. The number of imide groups is 1. The molecule has 0 bridgehead atoms. The van der Waals surface area contributed by atoms with Gasteiger partial charge in [0, 0.05) is 93.3 Å². The molecule has 8 rings (SSSR count). The maximum Gasteiger partial charge on any atom is 0.416 e. The summed E-state index contributed by atoms with van der Waals surface area (Å²) in [6.07, 6.45) is 9.23. The summed E-state index contributed by atoms with van der Waals surface area (Å²) in [6, 6.07) is 11.3. The number of ether oxygens (including phenoxy) is 6. The molecule has 0 unspecified atom stereocenters. The van der Waals surface area contributed by atoms with E-state index in [9.17, 15) is 48.3 Å². The van der Waals surface area contributed by atoms with Gasteiger partial charge < -0.3 is 54.0 Å². The highest BCUT2D eigenvalue weighted by molar-refractivity contribution is 6.13. The topological polar surface area (TPSA) is 279 Å². The summed E-state index contributed by atoms with van der Waals surface area (Å²) in [5.74, 6) is -2.34. The van der Waals surface area contributed by atoms with Gasteiger partial charge in [0.2, 0.25) is 11.8 Å². The zero-order chi connectivity index (χ0) is 63.2. The number of aliphatic hydroxyl groups is 1. The number of benzene rings is 3. The average molecular weight is 1210 g/mol. The fourth-order valence-corrected chi connectivity index (χ4v) is 10.8. The van der Waals surface area contributed by atoms with Gasteiger partial charge in [0.05, 0.1) is 74.7 Å². The van der Waals surface area contributed by atoms with E-state index >= 15 is 0 Å². The number of amides is 7. The normalized spacial score (nSPS) is 18.2. The molecule has 0 saturated carbocycles. The minimum atomic E-state index is -1.51. The highest BCUT2D eigenvalue weighted by atomic mass is 16.6. The Hall–Kier alpha value is -8.54. The largest absolute Gasteiger partial charge is 0.493 e. The highest BCUT2D eigenvalue weighted by Gasteiger charge is 2.45. The number of fused-ring (bicyclic) bond motifs is 4. The van der Waals surface area contributed by atoms with E-state index in [1.165, 1.54) is 43.2 Å². The van der Waals surface area contributed by atoms with Gasteiger partial charge in [-0.3, -0.25) is 48.2 Å². The number of carbonyl (C=O) groups excluding carboxylic acids is 9. The van der Waals surface area contributed by atoms with Crippen molar-refractivity contribution in [3.8, 4) is 17.2 Å². The van der Waals surface area contributed by atoms with Crippen LogP contribution < -0.4 is 29.7 Å². The van der Waals surface area contributed by atoms with E-state index in [2.05, 4.69) is 15.6 Å². The van der Waals surface area contributed by atoms with Crippen molar-refractivity contribution in [2.45, 2.75) is 137 Å². The molecule has 5 aliphatic heterocycles. The molecular weight excluding hydrogens is 1130 g/mol. The van der Waals surface area contributed by atoms with Crippen molar-refractivity contribution >= 4 is 76.4 Å². The lowest BCUT2D eigenvalue weighted by molar-refractivity contribution is -0.137. The van der Waals surface area contributed by atoms with Gasteiger partial charge in [-0.25, -0.2) is 9.69 Å². The van der Waals surface area contributed by atoms with Crippen LogP contribution in [0.25, 0.3) is 0 Å².